The second-order valence-corrected chi connectivity index (χ2v) is 11.5. The summed E-state index contributed by atoms with van der Waals surface area (Å²) in [5.74, 6) is -1.68. The molecule has 0 spiro atoms. The van der Waals surface area contributed by atoms with Crippen LogP contribution in [0, 0.1) is 16.8 Å². The second kappa shape index (κ2) is 10.8. The molecule has 0 bridgehead atoms. The Labute approximate surface area is 248 Å². The molecule has 8 nitrogen and oxygen atoms in total. The average Bonchev–Trinajstić information content (AvgIpc) is 3.69. The molecule has 5 heterocycles. The number of ether oxygens (including phenoxy) is 2. The first-order valence-corrected chi connectivity index (χ1v) is 14.6. The van der Waals surface area contributed by atoms with Crippen LogP contribution in [-0.2, 0) is 18.3 Å². The highest BCUT2D eigenvalue weighted by Gasteiger charge is 2.29. The molecule has 7 rings (SSSR count). The molecule has 1 atom stereocenters. The summed E-state index contributed by atoms with van der Waals surface area (Å²) in [7, 11) is 3.37. The van der Waals surface area contributed by atoms with Crippen molar-refractivity contribution in [3.8, 4) is 39.5 Å². The summed E-state index contributed by atoms with van der Waals surface area (Å²) >= 11 is 0.918. The van der Waals surface area contributed by atoms with Gasteiger partial charge in [0.05, 0.1) is 46.5 Å². The quantitative estimate of drug-likeness (QED) is 0.210. The van der Waals surface area contributed by atoms with Crippen molar-refractivity contribution in [1.82, 2.24) is 29.9 Å². The molecule has 1 aliphatic heterocycles. The van der Waals surface area contributed by atoms with Crippen LogP contribution in [0.2, 0.25) is 0 Å². The first kappa shape index (κ1) is 27.6. The summed E-state index contributed by atoms with van der Waals surface area (Å²) < 4.78 is 60.8. The van der Waals surface area contributed by atoms with Gasteiger partial charge in [-0.25, -0.2) is 13.8 Å². The summed E-state index contributed by atoms with van der Waals surface area (Å²) in [6.45, 7) is 3.69. The van der Waals surface area contributed by atoms with Crippen LogP contribution in [0.15, 0.2) is 48.7 Å². The minimum Gasteiger partial charge on any atom is -0.490 e. The van der Waals surface area contributed by atoms with Gasteiger partial charge in [-0.15, -0.1) is 11.3 Å². The Balaban J connectivity index is 1.55. The molecule has 12 heteroatoms. The van der Waals surface area contributed by atoms with Crippen LogP contribution in [0.4, 0.5) is 13.2 Å². The van der Waals surface area contributed by atoms with E-state index in [-0.39, 0.29) is 36.1 Å². The van der Waals surface area contributed by atoms with Crippen molar-refractivity contribution < 1.29 is 22.6 Å². The van der Waals surface area contributed by atoms with Crippen molar-refractivity contribution in [2.45, 2.75) is 19.5 Å². The van der Waals surface area contributed by atoms with Gasteiger partial charge in [-0.2, -0.15) is 14.6 Å². The monoisotopic (exact) mass is 604 g/mol. The standard InChI is InChI=1S/C31H27F3N6O2S/c1-16-24-14-22(38-40(24)7-6-35-16)30-27(28-21(33)11-19(32)12-25(28)42-9-8-41-3)20-13-26(34)43-31(20)29(37-30)17-4-5-23-18(10-17)15-36-39(23)2/h4-5,10-16,35H,6-9H2,1-3H3/t16-/m1/s1. The van der Waals surface area contributed by atoms with Crippen LogP contribution in [-0.4, -0.2) is 51.4 Å². The Morgan fingerprint density at radius 2 is 1.91 bits per heavy atom. The second-order valence-electron chi connectivity index (χ2n) is 10.5. The van der Waals surface area contributed by atoms with Crippen LogP contribution >= 0.6 is 11.3 Å². The maximum Gasteiger partial charge on any atom is 0.177 e. The number of hydrogen-bond donors (Lipinski definition) is 1. The summed E-state index contributed by atoms with van der Waals surface area (Å²) in [4.78, 5) is 5.09. The number of fused-ring (bicyclic) bond motifs is 3. The molecule has 0 amide bonds. The van der Waals surface area contributed by atoms with Crippen LogP contribution < -0.4 is 10.1 Å². The van der Waals surface area contributed by atoms with Gasteiger partial charge in [-0.05, 0) is 31.2 Å². The zero-order valence-corrected chi connectivity index (χ0v) is 24.4. The van der Waals surface area contributed by atoms with Crippen molar-refractivity contribution in [2.75, 3.05) is 26.9 Å². The molecule has 43 heavy (non-hydrogen) atoms. The van der Waals surface area contributed by atoms with Crippen LogP contribution in [0.25, 0.3) is 54.8 Å². The highest BCUT2D eigenvalue weighted by Crippen LogP contribution is 2.47. The SMILES string of the molecule is COCCOc1cc(F)cc(F)c1-c1c(-c2cc3n(n2)CCN[C@@H]3C)nc(-c2ccc3c(cnn3C)c2)c2sc(F)cc12. The highest BCUT2D eigenvalue weighted by molar-refractivity contribution is 7.18. The van der Waals surface area contributed by atoms with E-state index in [1.54, 1.807) is 10.9 Å². The highest BCUT2D eigenvalue weighted by atomic mass is 32.1. The van der Waals surface area contributed by atoms with E-state index in [9.17, 15) is 4.39 Å². The maximum absolute atomic E-state index is 15.9. The predicted molar refractivity (Wildman–Crippen MR) is 160 cm³/mol. The molecule has 0 aliphatic carbocycles. The molecule has 1 N–H and O–H groups in total. The lowest BCUT2D eigenvalue weighted by atomic mass is 9.95. The van der Waals surface area contributed by atoms with Crippen LogP contribution in [0.3, 0.4) is 0 Å². The number of pyridine rings is 1. The van der Waals surface area contributed by atoms with E-state index in [0.717, 1.165) is 52.2 Å². The fourth-order valence-corrected chi connectivity index (χ4v) is 6.62. The van der Waals surface area contributed by atoms with E-state index in [0.29, 0.717) is 33.7 Å². The first-order chi connectivity index (χ1) is 20.8. The lowest BCUT2D eigenvalue weighted by Crippen LogP contribution is -2.31. The van der Waals surface area contributed by atoms with Gasteiger partial charge in [0, 0.05) is 60.8 Å². The zero-order valence-electron chi connectivity index (χ0n) is 23.6. The minimum atomic E-state index is -0.855. The van der Waals surface area contributed by atoms with E-state index < -0.39 is 16.8 Å². The van der Waals surface area contributed by atoms with Gasteiger partial charge in [0.25, 0.3) is 0 Å². The number of methoxy groups -OCH3 is 1. The normalized spacial score (nSPS) is 15.0. The van der Waals surface area contributed by atoms with E-state index >= 15 is 8.78 Å². The number of hydrogen-bond acceptors (Lipinski definition) is 7. The number of thiophene rings is 1. The molecule has 0 saturated carbocycles. The molecular formula is C31H27F3N6O2S. The van der Waals surface area contributed by atoms with Crippen molar-refractivity contribution in [1.29, 1.82) is 0 Å². The molecular weight excluding hydrogens is 577 g/mol. The zero-order chi connectivity index (χ0) is 29.8. The number of benzene rings is 2. The molecule has 0 saturated heterocycles. The summed E-state index contributed by atoms with van der Waals surface area (Å²) in [6, 6.07) is 11.0. The van der Waals surface area contributed by atoms with E-state index in [1.807, 2.05) is 42.9 Å². The predicted octanol–water partition coefficient (Wildman–Crippen LogP) is 6.49. The smallest absolute Gasteiger partial charge is 0.177 e. The summed E-state index contributed by atoms with van der Waals surface area (Å²) in [6.07, 6.45) is 1.76. The molecule has 4 aromatic heterocycles. The van der Waals surface area contributed by atoms with Crippen LogP contribution in [0.1, 0.15) is 18.7 Å². The molecule has 0 fully saturated rings. The Bertz CT molecular complexity index is 2020. The van der Waals surface area contributed by atoms with Crippen molar-refractivity contribution >= 4 is 32.3 Å². The summed E-state index contributed by atoms with van der Waals surface area (Å²) in [5.41, 5.74) is 4.23. The van der Waals surface area contributed by atoms with Gasteiger partial charge in [-0.1, -0.05) is 6.07 Å². The van der Waals surface area contributed by atoms with Gasteiger partial charge in [-0.3, -0.25) is 9.36 Å². The van der Waals surface area contributed by atoms with E-state index in [1.165, 1.54) is 13.2 Å². The van der Waals surface area contributed by atoms with Gasteiger partial charge in [0.2, 0.25) is 0 Å². The topological polar surface area (TPSA) is 79.0 Å². The van der Waals surface area contributed by atoms with Crippen molar-refractivity contribution in [3.63, 3.8) is 0 Å². The lowest BCUT2D eigenvalue weighted by molar-refractivity contribution is 0.146. The molecule has 2 aromatic carbocycles. The van der Waals surface area contributed by atoms with E-state index in [2.05, 4.69) is 10.4 Å². The van der Waals surface area contributed by atoms with E-state index in [4.69, 9.17) is 19.6 Å². The molecule has 220 valence electrons. The minimum absolute atomic E-state index is 0.0193. The maximum atomic E-state index is 15.9. The number of rotatable bonds is 7. The number of nitrogens with zero attached hydrogens (tertiary/aromatic N) is 5. The summed E-state index contributed by atoms with van der Waals surface area (Å²) in [5, 5.41) is 13.5. The van der Waals surface area contributed by atoms with Gasteiger partial charge >= 0.3 is 0 Å². The number of nitrogens with one attached hydrogen (secondary N) is 1. The fourth-order valence-electron chi connectivity index (χ4n) is 5.72. The number of aromatic nitrogens is 5. The third-order valence-corrected chi connectivity index (χ3v) is 8.68. The third-order valence-electron chi connectivity index (χ3n) is 7.75. The Kier molecular flexibility index (Phi) is 6.91. The Morgan fingerprint density at radius 1 is 1.05 bits per heavy atom. The number of halogens is 3. The van der Waals surface area contributed by atoms with Gasteiger partial charge in [0.15, 0.2) is 5.13 Å². The Morgan fingerprint density at radius 3 is 2.72 bits per heavy atom. The molecule has 6 aromatic rings. The van der Waals surface area contributed by atoms with Crippen LogP contribution in [0.5, 0.6) is 5.75 Å². The average molecular weight is 605 g/mol. The largest absolute Gasteiger partial charge is 0.490 e. The molecule has 0 radical (unpaired) electrons. The molecule has 1 aliphatic rings. The Hall–Kier alpha value is -4.26. The van der Waals surface area contributed by atoms with Gasteiger partial charge in [0.1, 0.15) is 35.4 Å². The van der Waals surface area contributed by atoms with Crippen molar-refractivity contribution in [2.24, 2.45) is 7.05 Å². The first-order valence-electron chi connectivity index (χ1n) is 13.8. The van der Waals surface area contributed by atoms with Crippen molar-refractivity contribution in [3.05, 3.63) is 71.1 Å². The lowest BCUT2D eigenvalue weighted by Gasteiger charge is -2.21. The van der Waals surface area contributed by atoms with Gasteiger partial charge < -0.3 is 14.8 Å². The molecule has 0 unspecified atom stereocenters. The fraction of sp³-hybridized carbons (Fsp3) is 0.258. The third kappa shape index (κ3) is 4.75. The number of aryl methyl sites for hydroxylation is 1.